The third kappa shape index (κ3) is 6.32. The molecular formula is C24H23Cl2FN4O5. The van der Waals surface area contributed by atoms with E-state index in [0.29, 0.717) is 5.56 Å². The average Bonchev–Trinajstić information content (AvgIpc) is 3.29. The molecule has 1 saturated heterocycles. The van der Waals surface area contributed by atoms with E-state index in [-0.39, 0.29) is 35.2 Å². The highest BCUT2D eigenvalue weighted by Crippen LogP contribution is 2.26. The molecule has 0 bridgehead atoms. The summed E-state index contributed by atoms with van der Waals surface area (Å²) in [5, 5.41) is 14.9. The van der Waals surface area contributed by atoms with Crippen molar-refractivity contribution in [1.29, 1.82) is 0 Å². The molecule has 0 radical (unpaired) electrons. The van der Waals surface area contributed by atoms with Crippen LogP contribution in [0.2, 0.25) is 10.0 Å². The Morgan fingerprint density at radius 3 is 2.36 bits per heavy atom. The predicted octanol–water partition coefficient (Wildman–Crippen LogP) is 3.44. The van der Waals surface area contributed by atoms with Gasteiger partial charge < -0.3 is 20.6 Å². The Bertz CT molecular complexity index is 1180. The molecule has 36 heavy (non-hydrogen) atoms. The van der Waals surface area contributed by atoms with Crippen LogP contribution in [0.1, 0.15) is 28.4 Å². The molecule has 1 aliphatic rings. The number of carboxylic acid groups (broad SMARTS) is 1. The van der Waals surface area contributed by atoms with E-state index in [9.17, 15) is 28.7 Å². The van der Waals surface area contributed by atoms with E-state index in [2.05, 4.69) is 17.2 Å². The molecule has 0 aliphatic carbocycles. The first-order chi connectivity index (χ1) is 17.1. The molecule has 0 spiro atoms. The smallest absolute Gasteiger partial charge is 0.319 e. The lowest BCUT2D eigenvalue weighted by Crippen LogP contribution is -2.56. The van der Waals surface area contributed by atoms with Gasteiger partial charge in [0.1, 0.15) is 5.82 Å². The van der Waals surface area contributed by atoms with E-state index in [4.69, 9.17) is 23.2 Å². The molecule has 1 heterocycles. The quantitative estimate of drug-likeness (QED) is 0.446. The summed E-state index contributed by atoms with van der Waals surface area (Å²) in [6.45, 7) is 3.72. The monoisotopic (exact) mass is 536 g/mol. The van der Waals surface area contributed by atoms with Gasteiger partial charge in [-0.1, -0.05) is 41.4 Å². The minimum Gasteiger partial charge on any atom is -0.481 e. The summed E-state index contributed by atoms with van der Waals surface area (Å²) in [5.41, 5.74) is 0.492. The molecule has 1 fully saturated rings. The van der Waals surface area contributed by atoms with Crippen molar-refractivity contribution in [1.82, 2.24) is 20.4 Å². The topological polar surface area (TPSA) is 119 Å². The van der Waals surface area contributed by atoms with Crippen molar-refractivity contribution < 1.29 is 28.7 Å². The predicted molar refractivity (Wildman–Crippen MR) is 131 cm³/mol. The van der Waals surface area contributed by atoms with Crippen LogP contribution in [0.3, 0.4) is 0 Å². The molecule has 3 N–H and O–H groups in total. The number of hydrogen-bond acceptors (Lipinski definition) is 4. The van der Waals surface area contributed by atoms with Crippen LogP contribution in [-0.4, -0.2) is 64.5 Å². The molecule has 3 rings (SSSR count). The SMILES string of the molecule is C=CCNC(=O)N1CCN(C(=O)c2ccc(Cl)c(Cl)c2)C1C(=O)NC(CC(=O)O)c1ccc(F)cc1. The fourth-order valence-electron chi connectivity index (χ4n) is 3.76. The summed E-state index contributed by atoms with van der Waals surface area (Å²) >= 11 is 12.0. The van der Waals surface area contributed by atoms with Crippen molar-refractivity contribution in [2.24, 2.45) is 0 Å². The Kier molecular flexibility index (Phi) is 8.89. The van der Waals surface area contributed by atoms with E-state index in [1.165, 1.54) is 41.3 Å². The molecule has 0 aromatic heterocycles. The van der Waals surface area contributed by atoms with Crippen LogP contribution in [0.15, 0.2) is 55.1 Å². The lowest BCUT2D eigenvalue weighted by atomic mass is 10.0. The molecule has 2 aromatic rings. The zero-order valence-corrected chi connectivity index (χ0v) is 20.4. The number of hydrogen-bond donors (Lipinski definition) is 3. The molecule has 12 heteroatoms. The largest absolute Gasteiger partial charge is 0.481 e. The Balaban J connectivity index is 1.93. The van der Waals surface area contributed by atoms with Crippen LogP contribution < -0.4 is 10.6 Å². The van der Waals surface area contributed by atoms with E-state index < -0.39 is 48.3 Å². The second-order valence-electron chi connectivity index (χ2n) is 7.88. The standard InChI is InChI=1S/C24H23Cl2FN4O5/c1-2-9-28-24(36)31-11-10-30(23(35)15-5-8-17(25)18(26)12-15)22(31)21(34)29-19(13-20(32)33)14-3-6-16(27)7-4-14/h2-8,12,19,22H,1,9-11,13H2,(H,28,36)(H,29,34)(H,32,33). The normalized spacial score (nSPS) is 15.8. The number of aliphatic carboxylic acids is 1. The van der Waals surface area contributed by atoms with Crippen molar-refractivity contribution >= 4 is 47.0 Å². The third-order valence-corrected chi connectivity index (χ3v) is 6.20. The maximum absolute atomic E-state index is 13.5. The fourth-order valence-corrected chi connectivity index (χ4v) is 4.06. The van der Waals surface area contributed by atoms with Gasteiger partial charge in [0.2, 0.25) is 0 Å². The molecular weight excluding hydrogens is 514 g/mol. The van der Waals surface area contributed by atoms with Gasteiger partial charge in [-0.3, -0.25) is 19.3 Å². The van der Waals surface area contributed by atoms with Crippen LogP contribution >= 0.6 is 23.2 Å². The summed E-state index contributed by atoms with van der Waals surface area (Å²) in [5.74, 6) is -3.10. The number of amides is 4. The molecule has 2 aromatic carbocycles. The van der Waals surface area contributed by atoms with Gasteiger partial charge in [-0.15, -0.1) is 6.58 Å². The molecule has 4 amide bonds. The first-order valence-electron chi connectivity index (χ1n) is 10.8. The Hall–Kier alpha value is -3.63. The van der Waals surface area contributed by atoms with Crippen LogP contribution in [0.4, 0.5) is 9.18 Å². The van der Waals surface area contributed by atoms with E-state index >= 15 is 0 Å². The zero-order chi connectivity index (χ0) is 26.4. The van der Waals surface area contributed by atoms with E-state index in [0.717, 1.165) is 17.0 Å². The second kappa shape index (κ2) is 11.9. The van der Waals surface area contributed by atoms with Gasteiger partial charge in [0.05, 0.1) is 22.5 Å². The number of carbonyl (C=O) groups is 4. The first-order valence-corrected chi connectivity index (χ1v) is 11.6. The number of carboxylic acids is 1. The van der Waals surface area contributed by atoms with Gasteiger partial charge >= 0.3 is 12.0 Å². The first kappa shape index (κ1) is 27.0. The Morgan fingerprint density at radius 1 is 1.08 bits per heavy atom. The zero-order valence-electron chi connectivity index (χ0n) is 18.9. The van der Waals surface area contributed by atoms with Gasteiger partial charge in [0.25, 0.3) is 11.8 Å². The molecule has 2 unspecified atom stereocenters. The van der Waals surface area contributed by atoms with Gasteiger partial charge in [-0.05, 0) is 35.9 Å². The molecule has 1 aliphatic heterocycles. The summed E-state index contributed by atoms with van der Waals surface area (Å²) in [6, 6.07) is 7.56. The minimum atomic E-state index is -1.39. The highest BCUT2D eigenvalue weighted by atomic mass is 35.5. The van der Waals surface area contributed by atoms with Crippen LogP contribution in [0, 0.1) is 5.82 Å². The number of urea groups is 1. The van der Waals surface area contributed by atoms with Crippen LogP contribution in [0.25, 0.3) is 0 Å². The summed E-state index contributed by atoms with van der Waals surface area (Å²) in [4.78, 5) is 53.4. The van der Waals surface area contributed by atoms with Crippen molar-refractivity contribution in [3.63, 3.8) is 0 Å². The van der Waals surface area contributed by atoms with E-state index in [1.807, 2.05) is 0 Å². The average molecular weight is 537 g/mol. The number of benzene rings is 2. The van der Waals surface area contributed by atoms with Crippen molar-refractivity contribution in [2.45, 2.75) is 18.6 Å². The molecule has 2 atom stereocenters. The third-order valence-electron chi connectivity index (χ3n) is 5.46. The number of carbonyl (C=O) groups excluding carboxylic acids is 3. The molecule has 9 nitrogen and oxygen atoms in total. The van der Waals surface area contributed by atoms with Crippen LogP contribution in [-0.2, 0) is 9.59 Å². The van der Waals surface area contributed by atoms with Crippen LogP contribution in [0.5, 0.6) is 0 Å². The van der Waals surface area contributed by atoms with Gasteiger partial charge in [0, 0.05) is 25.2 Å². The number of halogens is 3. The lowest BCUT2D eigenvalue weighted by molar-refractivity contribution is -0.138. The van der Waals surface area contributed by atoms with Gasteiger partial charge in [0.15, 0.2) is 6.17 Å². The highest BCUT2D eigenvalue weighted by Gasteiger charge is 2.43. The number of rotatable bonds is 8. The summed E-state index contributed by atoms with van der Waals surface area (Å²) in [7, 11) is 0. The highest BCUT2D eigenvalue weighted by molar-refractivity contribution is 6.42. The van der Waals surface area contributed by atoms with Gasteiger partial charge in [-0.25, -0.2) is 9.18 Å². The molecule has 190 valence electrons. The lowest BCUT2D eigenvalue weighted by Gasteiger charge is -2.31. The summed E-state index contributed by atoms with van der Waals surface area (Å²) < 4.78 is 13.4. The van der Waals surface area contributed by atoms with Crippen molar-refractivity contribution in [3.8, 4) is 0 Å². The minimum absolute atomic E-state index is 0.0266. The second-order valence-corrected chi connectivity index (χ2v) is 8.69. The Labute approximate surface area is 216 Å². The van der Waals surface area contributed by atoms with Gasteiger partial charge in [-0.2, -0.15) is 0 Å². The molecule has 0 saturated carbocycles. The van der Waals surface area contributed by atoms with E-state index in [1.54, 1.807) is 0 Å². The van der Waals surface area contributed by atoms with Crippen molar-refractivity contribution in [3.05, 3.63) is 82.1 Å². The summed E-state index contributed by atoms with van der Waals surface area (Å²) in [6.07, 6.45) is -0.444. The number of nitrogens with zero attached hydrogens (tertiary/aromatic N) is 2. The fraction of sp³-hybridized carbons (Fsp3) is 0.250. The maximum Gasteiger partial charge on any atom is 0.319 e. The Morgan fingerprint density at radius 2 is 1.75 bits per heavy atom. The number of nitrogens with one attached hydrogen (secondary N) is 2. The van der Waals surface area contributed by atoms with Crippen molar-refractivity contribution in [2.75, 3.05) is 19.6 Å². The maximum atomic E-state index is 13.5.